The van der Waals surface area contributed by atoms with Crippen LogP contribution in [-0.2, 0) is 21.4 Å². The van der Waals surface area contributed by atoms with Crippen molar-refractivity contribution in [2.24, 2.45) is 0 Å². The molecule has 0 heterocycles. The molecule has 0 atom stereocenters. The average molecular weight is 512 g/mol. The van der Waals surface area contributed by atoms with E-state index < -0.39 is 22.5 Å². The predicted octanol–water partition coefficient (Wildman–Crippen LogP) is 6.09. The lowest BCUT2D eigenvalue weighted by molar-refractivity contribution is -0.116. The summed E-state index contributed by atoms with van der Waals surface area (Å²) >= 11 is 18.1. The monoisotopic (exact) mass is 510 g/mol. The molecule has 0 spiro atoms. The van der Waals surface area contributed by atoms with Gasteiger partial charge in [-0.3, -0.25) is 4.79 Å². The molecule has 0 aromatic heterocycles. The van der Waals surface area contributed by atoms with E-state index in [4.69, 9.17) is 34.8 Å². The van der Waals surface area contributed by atoms with Gasteiger partial charge in [-0.2, -0.15) is 4.31 Å². The maximum absolute atomic E-state index is 13.4. The summed E-state index contributed by atoms with van der Waals surface area (Å²) in [6.07, 6.45) is 0. The summed E-state index contributed by atoms with van der Waals surface area (Å²) in [7, 11) is -3.95. The van der Waals surface area contributed by atoms with E-state index in [1.54, 1.807) is 12.1 Å². The molecule has 3 rings (SSSR count). The van der Waals surface area contributed by atoms with Gasteiger partial charge in [0.1, 0.15) is 0 Å². The van der Waals surface area contributed by atoms with Crippen molar-refractivity contribution in [1.82, 2.24) is 4.31 Å². The number of carbonyl (C=O) groups is 1. The predicted molar refractivity (Wildman–Crippen MR) is 130 cm³/mol. The summed E-state index contributed by atoms with van der Waals surface area (Å²) in [5.41, 5.74) is 2.93. The van der Waals surface area contributed by atoms with Crippen molar-refractivity contribution in [3.05, 3.63) is 92.4 Å². The molecule has 3 aromatic carbocycles. The molecule has 9 heteroatoms. The number of hydrogen-bond acceptors (Lipinski definition) is 3. The van der Waals surface area contributed by atoms with Crippen molar-refractivity contribution in [2.45, 2.75) is 25.3 Å². The fraction of sp³-hybridized carbons (Fsp3) is 0.174. The molecule has 168 valence electrons. The lowest BCUT2D eigenvalue weighted by atomic mass is 10.1. The normalized spacial score (nSPS) is 11.6. The number of rotatable bonds is 7. The van der Waals surface area contributed by atoms with Crippen molar-refractivity contribution in [3.63, 3.8) is 0 Å². The molecule has 0 unspecified atom stereocenters. The van der Waals surface area contributed by atoms with E-state index in [9.17, 15) is 13.2 Å². The van der Waals surface area contributed by atoms with Crippen molar-refractivity contribution in [1.29, 1.82) is 0 Å². The van der Waals surface area contributed by atoms with Gasteiger partial charge in [-0.25, -0.2) is 8.42 Å². The zero-order valence-corrected chi connectivity index (χ0v) is 20.5. The average Bonchev–Trinajstić information content (AvgIpc) is 2.72. The van der Waals surface area contributed by atoms with E-state index in [1.807, 2.05) is 38.1 Å². The van der Waals surface area contributed by atoms with E-state index >= 15 is 0 Å². The van der Waals surface area contributed by atoms with Gasteiger partial charge in [0.15, 0.2) is 0 Å². The SMILES string of the molecule is Cc1ccc(S(=O)(=O)N(CC(=O)Nc2cc(Cl)c(Cl)cc2Cl)Cc2cccc(C)c2)cc1. The Bertz CT molecular complexity index is 1250. The molecular formula is C23H21Cl3N2O3S. The van der Waals surface area contributed by atoms with Crippen molar-refractivity contribution in [3.8, 4) is 0 Å². The Morgan fingerprint density at radius 2 is 1.53 bits per heavy atom. The molecular weight excluding hydrogens is 491 g/mol. The van der Waals surface area contributed by atoms with Crippen LogP contribution in [0.25, 0.3) is 0 Å². The molecule has 32 heavy (non-hydrogen) atoms. The van der Waals surface area contributed by atoms with Crippen LogP contribution in [0.5, 0.6) is 0 Å². The number of benzene rings is 3. The van der Waals surface area contributed by atoms with Crippen LogP contribution in [0.15, 0.2) is 65.6 Å². The van der Waals surface area contributed by atoms with Crippen LogP contribution in [0, 0.1) is 13.8 Å². The Morgan fingerprint density at radius 1 is 0.875 bits per heavy atom. The Balaban J connectivity index is 1.90. The first kappa shape index (κ1) is 24.6. The minimum atomic E-state index is -3.95. The third kappa shape index (κ3) is 6.03. The molecule has 0 saturated heterocycles. The molecule has 0 fully saturated rings. The van der Waals surface area contributed by atoms with Crippen LogP contribution in [-0.4, -0.2) is 25.2 Å². The third-order valence-corrected chi connectivity index (χ3v) is 7.54. The summed E-state index contributed by atoms with van der Waals surface area (Å²) in [6.45, 7) is 3.40. The van der Waals surface area contributed by atoms with Gasteiger partial charge in [0.2, 0.25) is 15.9 Å². The zero-order valence-electron chi connectivity index (χ0n) is 17.4. The van der Waals surface area contributed by atoms with E-state index in [0.717, 1.165) is 21.0 Å². The Hall–Kier alpha value is -2.09. The smallest absolute Gasteiger partial charge is 0.243 e. The van der Waals surface area contributed by atoms with Gasteiger partial charge in [-0.05, 0) is 43.7 Å². The first-order valence-corrected chi connectivity index (χ1v) is 12.2. The number of amides is 1. The second kappa shape index (κ2) is 10.2. The summed E-state index contributed by atoms with van der Waals surface area (Å²) in [6, 6.07) is 16.8. The maximum Gasteiger partial charge on any atom is 0.243 e. The van der Waals surface area contributed by atoms with Crippen LogP contribution in [0.4, 0.5) is 5.69 Å². The Labute approximate surface area is 203 Å². The largest absolute Gasteiger partial charge is 0.324 e. The van der Waals surface area contributed by atoms with Crippen LogP contribution >= 0.6 is 34.8 Å². The highest BCUT2D eigenvalue weighted by molar-refractivity contribution is 7.89. The van der Waals surface area contributed by atoms with Crippen LogP contribution in [0.1, 0.15) is 16.7 Å². The summed E-state index contributed by atoms with van der Waals surface area (Å²) in [5, 5.41) is 3.28. The first-order chi connectivity index (χ1) is 15.1. The number of halogens is 3. The van der Waals surface area contributed by atoms with Crippen molar-refractivity contribution >= 4 is 56.4 Å². The van der Waals surface area contributed by atoms with Crippen LogP contribution in [0.3, 0.4) is 0 Å². The molecule has 1 N–H and O–H groups in total. The number of anilines is 1. The third-order valence-electron chi connectivity index (χ3n) is 4.70. The first-order valence-electron chi connectivity index (χ1n) is 9.63. The number of nitrogens with one attached hydrogen (secondary N) is 1. The number of aryl methyl sites for hydroxylation is 2. The second-order valence-electron chi connectivity index (χ2n) is 7.37. The number of carbonyl (C=O) groups excluding carboxylic acids is 1. The number of hydrogen-bond donors (Lipinski definition) is 1. The van der Waals surface area contributed by atoms with E-state index in [1.165, 1.54) is 24.3 Å². The van der Waals surface area contributed by atoms with Crippen LogP contribution in [0.2, 0.25) is 15.1 Å². The molecule has 0 radical (unpaired) electrons. The Morgan fingerprint density at radius 3 is 2.19 bits per heavy atom. The highest BCUT2D eigenvalue weighted by Crippen LogP contribution is 2.32. The summed E-state index contributed by atoms with van der Waals surface area (Å²) in [5.74, 6) is -0.561. The standard InChI is InChI=1S/C23H21Cl3N2O3S/c1-15-6-8-18(9-7-15)32(30,31)28(13-17-5-3-4-16(2)10-17)14-23(29)27-22-12-20(25)19(24)11-21(22)26/h3-12H,13-14H2,1-2H3,(H,27,29). The number of sulfonamides is 1. The molecule has 0 bridgehead atoms. The van der Waals surface area contributed by atoms with Crippen molar-refractivity contribution in [2.75, 3.05) is 11.9 Å². The molecule has 0 aliphatic rings. The molecule has 3 aromatic rings. The van der Waals surface area contributed by atoms with Gasteiger partial charge in [0, 0.05) is 6.54 Å². The van der Waals surface area contributed by atoms with E-state index in [0.29, 0.717) is 0 Å². The topological polar surface area (TPSA) is 66.5 Å². The minimum Gasteiger partial charge on any atom is -0.324 e. The zero-order chi connectivity index (χ0) is 23.5. The van der Waals surface area contributed by atoms with Gasteiger partial charge in [0.05, 0.1) is 32.2 Å². The highest BCUT2D eigenvalue weighted by Gasteiger charge is 2.27. The van der Waals surface area contributed by atoms with Crippen LogP contribution < -0.4 is 5.32 Å². The lowest BCUT2D eigenvalue weighted by Crippen LogP contribution is -2.37. The Kier molecular flexibility index (Phi) is 7.85. The fourth-order valence-electron chi connectivity index (χ4n) is 3.07. The molecule has 0 aliphatic heterocycles. The van der Waals surface area contributed by atoms with E-state index in [2.05, 4.69) is 5.32 Å². The molecule has 1 amide bonds. The van der Waals surface area contributed by atoms with Gasteiger partial charge in [0.25, 0.3) is 0 Å². The van der Waals surface area contributed by atoms with Gasteiger partial charge < -0.3 is 5.32 Å². The van der Waals surface area contributed by atoms with E-state index in [-0.39, 0.29) is 32.2 Å². The van der Waals surface area contributed by atoms with Gasteiger partial charge in [-0.1, -0.05) is 82.3 Å². The van der Waals surface area contributed by atoms with Gasteiger partial charge in [-0.15, -0.1) is 0 Å². The fourth-order valence-corrected chi connectivity index (χ4v) is 5.05. The van der Waals surface area contributed by atoms with Gasteiger partial charge >= 0.3 is 0 Å². The molecule has 0 aliphatic carbocycles. The summed E-state index contributed by atoms with van der Waals surface area (Å²) < 4.78 is 27.9. The molecule has 0 saturated carbocycles. The summed E-state index contributed by atoms with van der Waals surface area (Å²) in [4.78, 5) is 12.9. The van der Waals surface area contributed by atoms with Crippen molar-refractivity contribution < 1.29 is 13.2 Å². The molecule has 5 nitrogen and oxygen atoms in total. The number of nitrogens with zero attached hydrogens (tertiary/aromatic N) is 1. The maximum atomic E-state index is 13.4. The minimum absolute atomic E-state index is 0.0282. The highest BCUT2D eigenvalue weighted by atomic mass is 35.5. The quantitative estimate of drug-likeness (QED) is 0.390. The lowest BCUT2D eigenvalue weighted by Gasteiger charge is -2.22. The second-order valence-corrected chi connectivity index (χ2v) is 10.5.